The first-order valence-electron chi connectivity index (χ1n) is 2.43. The highest BCUT2D eigenvalue weighted by molar-refractivity contribution is 6.07. The van der Waals surface area contributed by atoms with Gasteiger partial charge in [-0.1, -0.05) is 0 Å². The molecule has 1 saturated heterocycles. The predicted molar refractivity (Wildman–Crippen MR) is 27.4 cm³/mol. The zero-order chi connectivity index (χ0) is 7.72. The molecule has 0 saturated carbocycles. The molecule has 54 valence electrons. The number of carbonyl (C=O) groups is 3. The number of aliphatic hydroxyl groups excluding tert-OH is 1. The maximum Gasteiger partial charge on any atom is 0.333 e. The van der Waals surface area contributed by atoms with Crippen molar-refractivity contribution in [2.75, 3.05) is 0 Å². The normalized spacial score (nSPS) is 24.9. The first-order chi connectivity index (χ1) is 4.66. The Labute approximate surface area is 55.4 Å². The smallest absolute Gasteiger partial charge is 0.333 e. The molecule has 0 bridgehead atoms. The Morgan fingerprint density at radius 2 is 2.20 bits per heavy atom. The molecule has 4 amide bonds. The average Bonchev–Trinajstić information content (AvgIpc) is 2.09. The van der Waals surface area contributed by atoms with Crippen LogP contribution in [0.25, 0.3) is 0 Å². The molecular weight excluding hydrogens is 140 g/mol. The van der Waals surface area contributed by atoms with E-state index in [0.717, 1.165) is 0 Å². The highest BCUT2D eigenvalue weighted by Crippen LogP contribution is 2.00. The second-order valence-corrected chi connectivity index (χ2v) is 1.68. The molecule has 0 radical (unpaired) electrons. The fourth-order valence-electron chi connectivity index (χ4n) is 0.577. The summed E-state index contributed by atoms with van der Waals surface area (Å²) in [6.07, 6.45) is -1.57. The third-order valence-electron chi connectivity index (χ3n) is 1.08. The van der Waals surface area contributed by atoms with Crippen LogP contribution >= 0.6 is 0 Å². The summed E-state index contributed by atoms with van der Waals surface area (Å²) < 4.78 is 0. The first-order valence-corrected chi connectivity index (χ1v) is 2.43. The van der Waals surface area contributed by atoms with Crippen molar-refractivity contribution in [3.05, 3.63) is 0 Å². The molecule has 2 N–H and O–H groups in total. The van der Waals surface area contributed by atoms with E-state index in [4.69, 9.17) is 5.11 Å². The van der Waals surface area contributed by atoms with E-state index in [1.807, 2.05) is 0 Å². The maximum absolute atomic E-state index is 10.4. The van der Waals surface area contributed by atoms with E-state index in [0.29, 0.717) is 4.90 Å². The number of hydrogen-bond acceptors (Lipinski definition) is 4. The zero-order valence-corrected chi connectivity index (χ0v) is 4.77. The molecule has 6 heteroatoms. The number of nitrogens with zero attached hydrogens (tertiary/aromatic N) is 1. The van der Waals surface area contributed by atoms with Gasteiger partial charge in [0.25, 0.3) is 5.91 Å². The average molecular weight is 144 g/mol. The molecule has 0 aromatic rings. The lowest BCUT2D eigenvalue weighted by Gasteiger charge is -2.05. The summed E-state index contributed by atoms with van der Waals surface area (Å²) in [5.74, 6) is -0.878. The summed E-state index contributed by atoms with van der Waals surface area (Å²) in [5.41, 5.74) is 0. The van der Waals surface area contributed by atoms with Gasteiger partial charge in [0.2, 0.25) is 12.6 Å². The fourth-order valence-corrected chi connectivity index (χ4v) is 0.577. The summed E-state index contributed by atoms with van der Waals surface area (Å²) in [4.78, 5) is 31.1. The number of hydrogen-bond donors (Lipinski definition) is 2. The molecule has 1 heterocycles. The Kier molecular flexibility index (Phi) is 1.38. The molecule has 6 nitrogen and oxygen atoms in total. The minimum absolute atomic E-state index is 0.0882. The van der Waals surface area contributed by atoms with Crippen molar-refractivity contribution < 1.29 is 19.5 Å². The Balaban J connectivity index is 2.83. The van der Waals surface area contributed by atoms with E-state index < -0.39 is 18.2 Å². The van der Waals surface area contributed by atoms with Gasteiger partial charge < -0.3 is 5.11 Å². The van der Waals surface area contributed by atoms with E-state index in [2.05, 4.69) is 0 Å². The van der Waals surface area contributed by atoms with Crippen molar-refractivity contribution in [2.24, 2.45) is 0 Å². The van der Waals surface area contributed by atoms with Crippen LogP contribution in [0.5, 0.6) is 0 Å². The largest absolute Gasteiger partial charge is 0.365 e. The number of urea groups is 1. The quantitative estimate of drug-likeness (QED) is 0.329. The van der Waals surface area contributed by atoms with Crippen LogP contribution in [0.15, 0.2) is 0 Å². The van der Waals surface area contributed by atoms with Gasteiger partial charge in [0.05, 0.1) is 0 Å². The number of imide groups is 2. The van der Waals surface area contributed by atoms with Crippen molar-refractivity contribution in [3.63, 3.8) is 0 Å². The fraction of sp³-hybridized carbons (Fsp3) is 0.250. The molecule has 1 aliphatic rings. The van der Waals surface area contributed by atoms with E-state index >= 15 is 0 Å². The Hall–Kier alpha value is -1.43. The summed E-state index contributed by atoms with van der Waals surface area (Å²) in [5, 5.41) is 10.4. The van der Waals surface area contributed by atoms with Crippen LogP contribution in [0.3, 0.4) is 0 Å². The van der Waals surface area contributed by atoms with Crippen molar-refractivity contribution >= 4 is 18.3 Å². The molecule has 1 unspecified atom stereocenters. The summed E-state index contributed by atoms with van der Waals surface area (Å²) in [6, 6.07) is -0.896. The van der Waals surface area contributed by atoms with Gasteiger partial charge in [-0.3, -0.25) is 14.9 Å². The third kappa shape index (κ3) is 0.742. The second-order valence-electron chi connectivity index (χ2n) is 1.68. The molecule has 0 aromatic heterocycles. The molecule has 0 spiro atoms. The highest BCUT2D eigenvalue weighted by atomic mass is 16.3. The lowest BCUT2D eigenvalue weighted by molar-refractivity contribution is -0.135. The molecular formula is C4H4N2O4. The van der Waals surface area contributed by atoms with Gasteiger partial charge in [0.15, 0.2) is 0 Å². The zero-order valence-electron chi connectivity index (χ0n) is 4.77. The Morgan fingerprint density at radius 1 is 1.60 bits per heavy atom. The molecule has 1 aliphatic heterocycles. The number of amides is 4. The van der Waals surface area contributed by atoms with Gasteiger partial charge in [-0.15, -0.1) is 0 Å². The molecule has 1 rings (SSSR count). The van der Waals surface area contributed by atoms with Gasteiger partial charge in [0, 0.05) is 0 Å². The van der Waals surface area contributed by atoms with E-state index in [9.17, 15) is 14.4 Å². The number of aliphatic hydroxyl groups is 1. The van der Waals surface area contributed by atoms with Crippen molar-refractivity contribution in [3.8, 4) is 0 Å². The summed E-state index contributed by atoms with van der Waals surface area (Å²) in [6.45, 7) is 0. The predicted octanol–water partition coefficient (Wildman–Crippen LogP) is -1.99. The molecule has 10 heavy (non-hydrogen) atoms. The number of carbonyl (C=O) groups excluding carboxylic acids is 3. The van der Waals surface area contributed by atoms with Crippen molar-refractivity contribution in [1.29, 1.82) is 0 Å². The monoisotopic (exact) mass is 144 g/mol. The van der Waals surface area contributed by atoms with E-state index in [1.165, 1.54) is 0 Å². The number of nitrogens with one attached hydrogen (secondary N) is 1. The molecule has 0 aliphatic carbocycles. The molecule has 0 aromatic carbocycles. The van der Waals surface area contributed by atoms with Gasteiger partial charge in [0.1, 0.15) is 0 Å². The molecule has 1 fully saturated rings. The minimum Gasteiger partial charge on any atom is -0.365 e. The highest BCUT2D eigenvalue weighted by Gasteiger charge is 2.36. The first kappa shape index (κ1) is 6.69. The number of rotatable bonds is 1. The second kappa shape index (κ2) is 2.07. The van der Waals surface area contributed by atoms with Crippen LogP contribution in [0, 0.1) is 0 Å². The van der Waals surface area contributed by atoms with E-state index in [1.54, 1.807) is 5.32 Å². The van der Waals surface area contributed by atoms with Gasteiger partial charge in [-0.05, 0) is 0 Å². The lowest BCUT2D eigenvalue weighted by Crippen LogP contribution is -2.33. The van der Waals surface area contributed by atoms with Crippen LogP contribution < -0.4 is 5.32 Å². The minimum atomic E-state index is -1.66. The third-order valence-corrected chi connectivity index (χ3v) is 1.08. The van der Waals surface area contributed by atoms with Crippen molar-refractivity contribution in [2.45, 2.75) is 6.23 Å². The van der Waals surface area contributed by atoms with Crippen LogP contribution in [-0.4, -0.2) is 34.6 Å². The summed E-state index contributed by atoms with van der Waals surface area (Å²) in [7, 11) is 0. The lowest BCUT2D eigenvalue weighted by atomic mass is 10.5. The maximum atomic E-state index is 10.4. The Bertz CT molecular complexity index is 201. The van der Waals surface area contributed by atoms with Gasteiger partial charge in [-0.2, -0.15) is 0 Å². The Morgan fingerprint density at radius 3 is 2.40 bits per heavy atom. The summed E-state index contributed by atoms with van der Waals surface area (Å²) >= 11 is 0. The van der Waals surface area contributed by atoms with Gasteiger partial charge in [-0.25, -0.2) is 9.69 Å². The van der Waals surface area contributed by atoms with E-state index in [-0.39, 0.29) is 6.41 Å². The van der Waals surface area contributed by atoms with Crippen LogP contribution in [-0.2, 0) is 9.59 Å². The van der Waals surface area contributed by atoms with Gasteiger partial charge >= 0.3 is 6.03 Å². The van der Waals surface area contributed by atoms with Crippen LogP contribution in [0.1, 0.15) is 0 Å². The van der Waals surface area contributed by atoms with Crippen LogP contribution in [0.2, 0.25) is 0 Å². The van der Waals surface area contributed by atoms with Crippen LogP contribution in [0.4, 0.5) is 4.79 Å². The SMILES string of the molecule is O=CN1C(=O)NC(=O)C1O. The molecule has 1 atom stereocenters. The topological polar surface area (TPSA) is 86.7 Å². The van der Waals surface area contributed by atoms with Crippen molar-refractivity contribution in [1.82, 2.24) is 10.2 Å². The standard InChI is InChI=1S/C4H4N2O4/c7-1-6-3(9)2(8)5-4(6)10/h1,3,9H,(H,5,8,10).